The van der Waals surface area contributed by atoms with Crippen molar-refractivity contribution in [3.05, 3.63) is 28.5 Å². The van der Waals surface area contributed by atoms with Gasteiger partial charge in [0.1, 0.15) is 0 Å². The zero-order valence-corrected chi connectivity index (χ0v) is 11.8. The maximum atomic E-state index is 4.39. The van der Waals surface area contributed by atoms with Crippen LogP contribution in [0.5, 0.6) is 0 Å². The predicted molar refractivity (Wildman–Crippen MR) is 71.7 cm³/mol. The first-order chi connectivity index (χ1) is 7.61. The average Bonchev–Trinajstić information content (AvgIpc) is 2.26. The number of pyridine rings is 1. The molecule has 16 heavy (non-hydrogen) atoms. The van der Waals surface area contributed by atoms with E-state index in [2.05, 4.69) is 51.3 Å². The summed E-state index contributed by atoms with van der Waals surface area (Å²) < 4.78 is 1.03. The molecule has 0 radical (unpaired) electrons. The van der Waals surface area contributed by atoms with Gasteiger partial charge in [-0.05, 0) is 62.2 Å². The van der Waals surface area contributed by atoms with Gasteiger partial charge in [-0.2, -0.15) is 0 Å². The van der Waals surface area contributed by atoms with Crippen LogP contribution in [0.1, 0.15) is 12.1 Å². The number of nitrogens with zero attached hydrogens (tertiary/aromatic N) is 2. The Morgan fingerprint density at radius 3 is 2.69 bits per heavy atom. The normalized spacial score (nSPS) is 13.1. The van der Waals surface area contributed by atoms with Gasteiger partial charge in [-0.1, -0.05) is 0 Å². The molecule has 0 aliphatic carbocycles. The number of halogens is 1. The van der Waals surface area contributed by atoms with Gasteiger partial charge in [-0.15, -0.1) is 0 Å². The van der Waals surface area contributed by atoms with Crippen molar-refractivity contribution < 1.29 is 0 Å². The Hall–Kier alpha value is -0.450. The van der Waals surface area contributed by atoms with E-state index in [9.17, 15) is 0 Å². The molecular formula is C12H20BrN3. The van der Waals surface area contributed by atoms with Crippen molar-refractivity contribution in [1.29, 1.82) is 0 Å². The number of rotatable bonds is 6. The monoisotopic (exact) mass is 285 g/mol. The number of hydrogen-bond donors (Lipinski definition) is 1. The molecule has 0 amide bonds. The van der Waals surface area contributed by atoms with Gasteiger partial charge in [0.25, 0.3) is 0 Å². The summed E-state index contributed by atoms with van der Waals surface area (Å²) in [6.07, 6.45) is 3.98. The molecule has 0 aromatic carbocycles. The maximum Gasteiger partial charge on any atom is 0.0419 e. The fourth-order valence-electron chi connectivity index (χ4n) is 1.54. The Bertz CT molecular complexity index is 298. The van der Waals surface area contributed by atoms with Crippen molar-refractivity contribution >= 4 is 15.9 Å². The molecule has 1 heterocycles. The summed E-state index contributed by atoms with van der Waals surface area (Å²) in [6, 6.07) is 4.61. The lowest BCUT2D eigenvalue weighted by Gasteiger charge is -2.18. The van der Waals surface area contributed by atoms with Crippen molar-refractivity contribution in [1.82, 2.24) is 15.2 Å². The van der Waals surface area contributed by atoms with Gasteiger partial charge < -0.3 is 10.2 Å². The number of aromatic nitrogens is 1. The molecule has 0 bridgehead atoms. The van der Waals surface area contributed by atoms with Crippen LogP contribution in [0.4, 0.5) is 0 Å². The lowest BCUT2D eigenvalue weighted by Crippen LogP contribution is -2.31. The molecule has 0 aliphatic heterocycles. The van der Waals surface area contributed by atoms with E-state index in [0.717, 1.165) is 29.6 Å². The van der Waals surface area contributed by atoms with Gasteiger partial charge in [0.2, 0.25) is 0 Å². The highest BCUT2D eigenvalue weighted by Gasteiger charge is 2.08. The Morgan fingerprint density at radius 1 is 1.44 bits per heavy atom. The molecule has 3 nitrogen and oxygen atoms in total. The molecule has 90 valence electrons. The lowest BCUT2D eigenvalue weighted by atomic mass is 10.1. The zero-order chi connectivity index (χ0) is 12.0. The largest absolute Gasteiger partial charge is 0.317 e. The Balaban J connectivity index is 2.46. The lowest BCUT2D eigenvalue weighted by molar-refractivity contribution is 0.363. The molecule has 0 spiro atoms. The van der Waals surface area contributed by atoms with E-state index in [-0.39, 0.29) is 0 Å². The molecule has 1 atom stereocenters. The third-order valence-electron chi connectivity index (χ3n) is 2.58. The topological polar surface area (TPSA) is 28.2 Å². The van der Waals surface area contributed by atoms with E-state index in [1.54, 1.807) is 0 Å². The molecule has 0 fully saturated rings. The van der Waals surface area contributed by atoms with Crippen LogP contribution >= 0.6 is 15.9 Å². The molecule has 0 saturated carbocycles. The highest BCUT2D eigenvalue weighted by molar-refractivity contribution is 9.10. The fourth-order valence-corrected chi connectivity index (χ4v) is 1.78. The van der Waals surface area contributed by atoms with Crippen LogP contribution in [-0.4, -0.2) is 43.6 Å². The summed E-state index contributed by atoms with van der Waals surface area (Å²) in [5.74, 6) is 0. The summed E-state index contributed by atoms with van der Waals surface area (Å²) in [6.45, 7) is 1.10. The fraction of sp³-hybridized carbons (Fsp3) is 0.583. The third kappa shape index (κ3) is 5.05. The maximum absolute atomic E-state index is 4.39. The van der Waals surface area contributed by atoms with Crippen LogP contribution in [0.2, 0.25) is 0 Å². The van der Waals surface area contributed by atoms with Crippen LogP contribution in [0, 0.1) is 0 Å². The highest BCUT2D eigenvalue weighted by Crippen LogP contribution is 2.09. The first kappa shape index (κ1) is 13.6. The van der Waals surface area contributed by atoms with Gasteiger partial charge in [-0.25, -0.2) is 0 Å². The van der Waals surface area contributed by atoms with E-state index in [1.165, 1.54) is 0 Å². The van der Waals surface area contributed by atoms with E-state index in [0.29, 0.717) is 6.04 Å². The van der Waals surface area contributed by atoms with E-state index in [4.69, 9.17) is 0 Å². The minimum atomic E-state index is 0.496. The van der Waals surface area contributed by atoms with Gasteiger partial charge in [0, 0.05) is 28.8 Å². The van der Waals surface area contributed by atoms with E-state index >= 15 is 0 Å². The summed E-state index contributed by atoms with van der Waals surface area (Å²) in [5.41, 5.74) is 1.14. The molecular weight excluding hydrogens is 266 g/mol. The Labute approximate surface area is 106 Å². The minimum Gasteiger partial charge on any atom is -0.317 e. The van der Waals surface area contributed by atoms with Crippen LogP contribution < -0.4 is 5.32 Å². The van der Waals surface area contributed by atoms with Crippen molar-refractivity contribution in [2.75, 3.05) is 27.7 Å². The number of likely N-dealkylation sites (N-methyl/N-ethyl adjacent to an activating group) is 1. The summed E-state index contributed by atoms with van der Waals surface area (Å²) in [4.78, 5) is 6.60. The van der Waals surface area contributed by atoms with E-state index in [1.807, 2.05) is 19.3 Å². The SMILES string of the molecule is CNC(CCN(C)C)Cc1ccc(Br)cn1. The number of hydrogen-bond acceptors (Lipinski definition) is 3. The average molecular weight is 286 g/mol. The third-order valence-corrected chi connectivity index (χ3v) is 3.05. The van der Waals surface area contributed by atoms with E-state index < -0.39 is 0 Å². The van der Waals surface area contributed by atoms with Gasteiger partial charge in [0.15, 0.2) is 0 Å². The second kappa shape index (κ2) is 6.99. The number of nitrogens with one attached hydrogen (secondary N) is 1. The zero-order valence-electron chi connectivity index (χ0n) is 10.2. The van der Waals surface area contributed by atoms with Gasteiger partial charge >= 0.3 is 0 Å². The summed E-state index contributed by atoms with van der Waals surface area (Å²) >= 11 is 3.39. The molecule has 1 aromatic rings. The molecule has 1 unspecified atom stereocenters. The molecule has 4 heteroatoms. The van der Waals surface area contributed by atoms with Crippen molar-refractivity contribution in [2.24, 2.45) is 0 Å². The first-order valence-electron chi connectivity index (χ1n) is 5.54. The van der Waals surface area contributed by atoms with Crippen LogP contribution in [0.25, 0.3) is 0 Å². The van der Waals surface area contributed by atoms with Crippen molar-refractivity contribution in [3.63, 3.8) is 0 Å². The highest BCUT2D eigenvalue weighted by atomic mass is 79.9. The standard InChI is InChI=1S/C12H20BrN3/c1-14-11(6-7-16(2)3)8-12-5-4-10(13)9-15-12/h4-5,9,11,14H,6-8H2,1-3H3. The Kier molecular flexibility index (Phi) is 5.95. The quantitative estimate of drug-likeness (QED) is 0.866. The smallest absolute Gasteiger partial charge is 0.0419 e. The van der Waals surface area contributed by atoms with Crippen LogP contribution in [0.3, 0.4) is 0 Å². The molecule has 1 N–H and O–H groups in total. The van der Waals surface area contributed by atoms with Gasteiger partial charge in [0.05, 0.1) is 0 Å². The second-order valence-corrected chi connectivity index (χ2v) is 5.17. The molecule has 1 aromatic heterocycles. The molecule has 0 aliphatic rings. The summed E-state index contributed by atoms with van der Waals surface area (Å²) in [7, 11) is 6.22. The van der Waals surface area contributed by atoms with Crippen molar-refractivity contribution in [3.8, 4) is 0 Å². The minimum absolute atomic E-state index is 0.496. The van der Waals surface area contributed by atoms with Gasteiger partial charge in [-0.3, -0.25) is 4.98 Å². The van der Waals surface area contributed by atoms with Crippen molar-refractivity contribution in [2.45, 2.75) is 18.9 Å². The predicted octanol–water partition coefficient (Wildman–Crippen LogP) is 1.93. The Morgan fingerprint density at radius 2 is 2.19 bits per heavy atom. The molecule has 0 saturated heterocycles. The first-order valence-corrected chi connectivity index (χ1v) is 6.33. The van der Waals surface area contributed by atoms with Crippen LogP contribution in [-0.2, 0) is 6.42 Å². The second-order valence-electron chi connectivity index (χ2n) is 4.25. The summed E-state index contributed by atoms with van der Waals surface area (Å²) in [5, 5.41) is 3.34. The molecule has 1 rings (SSSR count). The van der Waals surface area contributed by atoms with Crippen LogP contribution in [0.15, 0.2) is 22.8 Å².